The van der Waals surface area contributed by atoms with Crippen molar-refractivity contribution in [2.24, 2.45) is 5.41 Å². The van der Waals surface area contributed by atoms with E-state index < -0.39 is 0 Å². The highest BCUT2D eigenvalue weighted by Crippen LogP contribution is 2.29. The van der Waals surface area contributed by atoms with Crippen LogP contribution in [0, 0.1) is 5.41 Å². The van der Waals surface area contributed by atoms with Crippen molar-refractivity contribution in [2.45, 2.75) is 59.9 Å². The number of nitrogens with two attached hydrogens (primary N) is 1. The number of rotatable bonds is 6. The van der Waals surface area contributed by atoms with E-state index in [1.165, 1.54) is 11.3 Å². The fourth-order valence-corrected chi connectivity index (χ4v) is 3.34. The zero-order valence-electron chi connectivity index (χ0n) is 14.0. The maximum absolute atomic E-state index is 12.4. The van der Waals surface area contributed by atoms with Crippen LogP contribution in [0.15, 0.2) is 0 Å². The van der Waals surface area contributed by atoms with Crippen LogP contribution in [-0.2, 0) is 0 Å². The minimum absolute atomic E-state index is 0.143. The molecule has 4 N–H and O–H groups in total. The third kappa shape index (κ3) is 5.91. The molecule has 21 heavy (non-hydrogen) atoms. The van der Waals surface area contributed by atoms with Gasteiger partial charge in [-0.05, 0) is 32.1 Å². The second-order valence-electron chi connectivity index (χ2n) is 7.24. The van der Waals surface area contributed by atoms with Crippen molar-refractivity contribution in [1.82, 2.24) is 10.3 Å². The molecule has 0 fully saturated rings. The van der Waals surface area contributed by atoms with Crippen molar-refractivity contribution in [1.29, 1.82) is 0 Å². The molecule has 0 unspecified atom stereocenters. The Morgan fingerprint density at radius 2 is 1.90 bits per heavy atom. The molecule has 1 amide bonds. The number of aromatic nitrogens is 1. The molecular formula is C15H28N4OS. The molecule has 0 aliphatic heterocycles. The number of nitrogens with zero attached hydrogens (tertiary/aromatic N) is 1. The molecule has 1 aromatic heterocycles. The molecule has 6 heteroatoms. The summed E-state index contributed by atoms with van der Waals surface area (Å²) in [7, 11) is 0. The molecule has 0 aliphatic carbocycles. The van der Waals surface area contributed by atoms with Crippen LogP contribution in [0.25, 0.3) is 0 Å². The van der Waals surface area contributed by atoms with Gasteiger partial charge in [0.2, 0.25) is 0 Å². The van der Waals surface area contributed by atoms with Crippen LogP contribution in [0.3, 0.4) is 0 Å². The quantitative estimate of drug-likeness (QED) is 0.751. The number of hydrogen-bond acceptors (Lipinski definition) is 5. The largest absolute Gasteiger partial charge is 0.382 e. The lowest BCUT2D eigenvalue weighted by atomic mass is 9.82. The summed E-state index contributed by atoms with van der Waals surface area (Å²) in [6, 6.07) is 0. The van der Waals surface area contributed by atoms with Gasteiger partial charge < -0.3 is 16.4 Å². The smallest absolute Gasteiger partial charge is 0.265 e. The second kappa shape index (κ2) is 6.64. The van der Waals surface area contributed by atoms with Crippen molar-refractivity contribution < 1.29 is 4.79 Å². The van der Waals surface area contributed by atoms with Crippen LogP contribution >= 0.6 is 11.3 Å². The number of anilines is 2. The van der Waals surface area contributed by atoms with Gasteiger partial charge in [-0.1, -0.05) is 39.0 Å². The first-order valence-electron chi connectivity index (χ1n) is 7.37. The van der Waals surface area contributed by atoms with Crippen LogP contribution in [0.5, 0.6) is 0 Å². The Morgan fingerprint density at radius 1 is 1.29 bits per heavy atom. The van der Waals surface area contributed by atoms with Gasteiger partial charge >= 0.3 is 0 Å². The van der Waals surface area contributed by atoms with Crippen molar-refractivity contribution in [2.75, 3.05) is 17.6 Å². The molecular weight excluding hydrogens is 284 g/mol. The highest BCUT2D eigenvalue weighted by molar-refractivity contribution is 7.18. The summed E-state index contributed by atoms with van der Waals surface area (Å²) in [5.74, 6) is 0.145. The van der Waals surface area contributed by atoms with E-state index in [1.807, 2.05) is 13.8 Å². The summed E-state index contributed by atoms with van der Waals surface area (Å²) >= 11 is 1.31. The molecule has 0 saturated heterocycles. The van der Waals surface area contributed by atoms with Gasteiger partial charge in [-0.2, -0.15) is 0 Å². The van der Waals surface area contributed by atoms with Crippen molar-refractivity contribution >= 4 is 28.2 Å². The van der Waals surface area contributed by atoms with E-state index in [2.05, 4.69) is 43.3 Å². The summed E-state index contributed by atoms with van der Waals surface area (Å²) in [5, 5.41) is 6.92. The highest BCUT2D eigenvalue weighted by Gasteiger charge is 2.28. The minimum atomic E-state index is -0.289. The van der Waals surface area contributed by atoms with Gasteiger partial charge in [0.15, 0.2) is 5.13 Å². The van der Waals surface area contributed by atoms with Gasteiger partial charge in [0, 0.05) is 12.1 Å². The van der Waals surface area contributed by atoms with Crippen LogP contribution < -0.4 is 16.4 Å². The molecule has 120 valence electrons. The second-order valence-corrected chi connectivity index (χ2v) is 8.23. The normalized spacial score (nSPS) is 12.3. The molecule has 1 heterocycles. The predicted molar refractivity (Wildman–Crippen MR) is 90.9 cm³/mol. The van der Waals surface area contributed by atoms with Crippen LogP contribution in [0.2, 0.25) is 0 Å². The van der Waals surface area contributed by atoms with Crippen LogP contribution in [0.4, 0.5) is 10.9 Å². The van der Waals surface area contributed by atoms with E-state index in [9.17, 15) is 4.79 Å². The molecule has 5 nitrogen and oxygen atoms in total. The van der Waals surface area contributed by atoms with Crippen molar-refractivity contribution in [3.8, 4) is 0 Å². The van der Waals surface area contributed by atoms with Gasteiger partial charge in [0.1, 0.15) is 10.7 Å². The Bertz CT molecular complexity index is 488. The van der Waals surface area contributed by atoms with E-state index in [0.717, 1.165) is 19.4 Å². The summed E-state index contributed by atoms with van der Waals surface area (Å²) in [5.41, 5.74) is 5.71. The number of amides is 1. The zero-order chi connectivity index (χ0) is 16.3. The molecule has 0 bridgehead atoms. The van der Waals surface area contributed by atoms with Gasteiger partial charge in [0.25, 0.3) is 5.91 Å². The summed E-state index contributed by atoms with van der Waals surface area (Å²) in [6.07, 6.45) is 1.88. The van der Waals surface area contributed by atoms with E-state index in [-0.39, 0.29) is 16.9 Å². The number of hydrogen-bond donors (Lipinski definition) is 3. The SMILES string of the molecule is CCCNc1nc(N)c(C(=O)NC(C)(C)CC(C)(C)C)s1. The first-order valence-corrected chi connectivity index (χ1v) is 8.18. The Morgan fingerprint density at radius 3 is 2.43 bits per heavy atom. The maximum atomic E-state index is 12.4. The first kappa shape index (κ1) is 17.8. The van der Waals surface area contributed by atoms with Crippen LogP contribution in [0.1, 0.15) is 64.1 Å². The monoisotopic (exact) mass is 312 g/mol. The average molecular weight is 312 g/mol. The molecule has 1 aromatic rings. The Labute approximate surface area is 131 Å². The summed E-state index contributed by atoms with van der Waals surface area (Å²) in [4.78, 5) is 17.1. The number of thiazole rings is 1. The molecule has 0 radical (unpaired) electrons. The summed E-state index contributed by atoms with van der Waals surface area (Å²) < 4.78 is 0. The number of carbonyl (C=O) groups is 1. The number of carbonyl (C=O) groups excluding carboxylic acids is 1. The molecule has 0 aromatic carbocycles. The first-order chi connectivity index (χ1) is 9.54. The third-order valence-electron chi connectivity index (χ3n) is 2.81. The van der Waals surface area contributed by atoms with Gasteiger partial charge in [-0.25, -0.2) is 4.98 Å². The molecule has 0 saturated carbocycles. The Kier molecular flexibility index (Phi) is 5.61. The summed E-state index contributed by atoms with van der Waals surface area (Å²) in [6.45, 7) is 13.4. The Hall–Kier alpha value is -1.30. The van der Waals surface area contributed by atoms with E-state index in [0.29, 0.717) is 15.8 Å². The highest BCUT2D eigenvalue weighted by atomic mass is 32.1. The van der Waals surface area contributed by atoms with Crippen LogP contribution in [-0.4, -0.2) is 23.0 Å². The minimum Gasteiger partial charge on any atom is -0.382 e. The number of nitrogens with one attached hydrogen (secondary N) is 2. The standard InChI is InChI=1S/C15H28N4OS/c1-7-8-17-13-18-11(16)10(21-13)12(20)19-15(5,6)9-14(2,3)4/h7-9,16H2,1-6H3,(H,17,18)(H,19,20). The molecule has 1 rings (SSSR count). The van der Waals surface area contributed by atoms with Crippen molar-refractivity contribution in [3.05, 3.63) is 4.88 Å². The average Bonchev–Trinajstić information content (AvgIpc) is 2.63. The lowest BCUT2D eigenvalue weighted by molar-refractivity contribution is 0.0896. The third-order valence-corrected chi connectivity index (χ3v) is 3.84. The predicted octanol–water partition coefficient (Wildman–Crippen LogP) is 3.49. The lowest BCUT2D eigenvalue weighted by Gasteiger charge is -2.33. The fraction of sp³-hybridized carbons (Fsp3) is 0.733. The molecule has 0 atom stereocenters. The lowest BCUT2D eigenvalue weighted by Crippen LogP contribution is -2.45. The molecule has 0 spiro atoms. The van der Waals surface area contributed by atoms with E-state index in [4.69, 9.17) is 5.73 Å². The zero-order valence-corrected chi connectivity index (χ0v) is 14.8. The molecule has 0 aliphatic rings. The topological polar surface area (TPSA) is 80.0 Å². The Balaban J connectivity index is 2.77. The van der Waals surface area contributed by atoms with Gasteiger partial charge in [-0.3, -0.25) is 4.79 Å². The maximum Gasteiger partial charge on any atom is 0.265 e. The van der Waals surface area contributed by atoms with E-state index >= 15 is 0 Å². The van der Waals surface area contributed by atoms with Crippen molar-refractivity contribution in [3.63, 3.8) is 0 Å². The van der Waals surface area contributed by atoms with Gasteiger partial charge in [0.05, 0.1) is 0 Å². The van der Waals surface area contributed by atoms with E-state index in [1.54, 1.807) is 0 Å². The van der Waals surface area contributed by atoms with Gasteiger partial charge in [-0.15, -0.1) is 0 Å². The number of nitrogen functional groups attached to an aromatic ring is 1. The fourth-order valence-electron chi connectivity index (χ4n) is 2.54.